The lowest BCUT2D eigenvalue weighted by Crippen LogP contribution is -2.54. The van der Waals surface area contributed by atoms with Gasteiger partial charge in [-0.2, -0.15) is 0 Å². The molecule has 0 spiro atoms. The highest BCUT2D eigenvalue weighted by molar-refractivity contribution is 7.35. The third kappa shape index (κ3) is 2.72. The van der Waals surface area contributed by atoms with Gasteiger partial charge in [-0.3, -0.25) is 0 Å². The van der Waals surface area contributed by atoms with E-state index in [9.17, 15) is 0 Å². The minimum absolute atomic E-state index is 0.553. The molecule has 0 saturated carbocycles. The molecule has 0 aromatic heterocycles. The lowest BCUT2D eigenvalue weighted by molar-refractivity contribution is 0.416. The predicted octanol–water partition coefficient (Wildman–Crippen LogP) is 4.12. The molecular formula is C14H25OSi2. The van der Waals surface area contributed by atoms with Crippen molar-refractivity contribution in [1.29, 1.82) is 0 Å². The zero-order valence-electron chi connectivity index (χ0n) is 12.1. The van der Waals surface area contributed by atoms with Gasteiger partial charge in [-0.1, -0.05) is 47.7 Å². The van der Waals surface area contributed by atoms with Gasteiger partial charge in [0.2, 0.25) is 7.83 Å². The van der Waals surface area contributed by atoms with Gasteiger partial charge in [-0.15, -0.1) is 0 Å². The Morgan fingerprint density at radius 2 is 2.06 bits per heavy atom. The molecule has 0 bridgehead atoms. The molecule has 0 fully saturated rings. The first kappa shape index (κ1) is 14.7. The fourth-order valence-electron chi connectivity index (χ4n) is 2.65. The van der Waals surface area contributed by atoms with E-state index in [1.54, 1.807) is 10.4 Å². The number of allylic oxidation sites excluding steroid dienone is 6. The molecule has 95 valence electrons. The Bertz CT molecular complexity index is 358. The summed E-state index contributed by atoms with van der Waals surface area (Å²) in [4.78, 5) is 0. The maximum absolute atomic E-state index is 6.14. The fourth-order valence-corrected chi connectivity index (χ4v) is 14.3. The summed E-state index contributed by atoms with van der Waals surface area (Å²) in [6, 6.07) is 1.20. The second kappa shape index (κ2) is 5.98. The third-order valence-corrected chi connectivity index (χ3v) is 17.4. The van der Waals surface area contributed by atoms with Crippen molar-refractivity contribution in [2.24, 2.45) is 0 Å². The van der Waals surface area contributed by atoms with Crippen LogP contribution in [0.5, 0.6) is 0 Å². The van der Waals surface area contributed by atoms with Crippen molar-refractivity contribution in [3.05, 3.63) is 34.2 Å². The Morgan fingerprint density at radius 3 is 2.41 bits per heavy atom. The molecule has 0 amide bonds. The van der Waals surface area contributed by atoms with Crippen molar-refractivity contribution in [1.82, 2.24) is 0 Å². The van der Waals surface area contributed by atoms with Gasteiger partial charge in [0.15, 0.2) is 0 Å². The van der Waals surface area contributed by atoms with Gasteiger partial charge in [-0.05, 0) is 33.2 Å². The lowest BCUT2D eigenvalue weighted by Gasteiger charge is -2.36. The molecule has 0 aliphatic heterocycles. The van der Waals surface area contributed by atoms with E-state index in [-0.39, 0.29) is 0 Å². The first-order valence-corrected chi connectivity index (χ1v) is 11.5. The topological polar surface area (TPSA) is 9.23 Å². The highest BCUT2D eigenvalue weighted by atomic mass is 29.2. The molecule has 1 unspecified atom stereocenters. The van der Waals surface area contributed by atoms with Crippen molar-refractivity contribution < 1.29 is 4.43 Å². The minimum Gasteiger partial charge on any atom is -0.418 e. The zero-order valence-corrected chi connectivity index (χ0v) is 14.1. The highest BCUT2D eigenvalue weighted by Crippen LogP contribution is 2.31. The van der Waals surface area contributed by atoms with Crippen LogP contribution in [0.25, 0.3) is 0 Å². The monoisotopic (exact) mass is 265 g/mol. The fraction of sp³-hybridized carbons (Fsp3) is 0.571. The van der Waals surface area contributed by atoms with Gasteiger partial charge < -0.3 is 4.43 Å². The maximum Gasteiger partial charge on any atom is 0.207 e. The summed E-state index contributed by atoms with van der Waals surface area (Å²) in [7, 11) is -0.328. The molecule has 1 nitrogen and oxygen atoms in total. The van der Waals surface area contributed by atoms with Crippen LogP contribution in [0.15, 0.2) is 34.2 Å². The van der Waals surface area contributed by atoms with Crippen LogP contribution in [-0.2, 0) is 4.43 Å². The zero-order chi connectivity index (χ0) is 13.1. The van der Waals surface area contributed by atoms with E-state index < -0.39 is 16.1 Å². The molecule has 1 radical (unpaired) electrons. The number of hydrogen-bond acceptors (Lipinski definition) is 1. The second-order valence-electron chi connectivity index (χ2n) is 4.96. The molecule has 1 atom stereocenters. The molecule has 1 aliphatic rings. The Hall–Kier alpha value is -0.386. The highest BCUT2D eigenvalue weighted by Gasteiger charge is 2.43. The van der Waals surface area contributed by atoms with Crippen LogP contribution < -0.4 is 0 Å². The van der Waals surface area contributed by atoms with Crippen LogP contribution in [0.1, 0.15) is 34.1 Å². The average molecular weight is 266 g/mol. The van der Waals surface area contributed by atoms with Crippen LogP contribution in [-0.4, -0.2) is 23.3 Å². The Kier molecular flexibility index (Phi) is 5.16. The molecule has 0 N–H and O–H groups in total. The van der Waals surface area contributed by atoms with Crippen LogP contribution in [0.2, 0.25) is 12.6 Å². The maximum atomic E-state index is 6.14. The van der Waals surface area contributed by atoms with Crippen molar-refractivity contribution in [3.8, 4) is 0 Å². The van der Waals surface area contributed by atoms with E-state index in [0.29, 0.717) is 0 Å². The summed E-state index contributed by atoms with van der Waals surface area (Å²) in [5.74, 6) is 0. The van der Waals surface area contributed by atoms with Crippen molar-refractivity contribution in [2.45, 2.75) is 46.7 Å². The molecule has 0 saturated heterocycles. The van der Waals surface area contributed by atoms with Crippen molar-refractivity contribution in [3.63, 3.8) is 0 Å². The molecule has 1 rings (SSSR count). The normalized spacial score (nSPS) is 18.2. The molecule has 3 heteroatoms. The first-order valence-electron chi connectivity index (χ1n) is 6.39. The van der Waals surface area contributed by atoms with E-state index in [2.05, 4.69) is 52.5 Å². The Morgan fingerprint density at radius 1 is 1.41 bits per heavy atom. The van der Waals surface area contributed by atoms with Gasteiger partial charge in [-0.25, -0.2) is 0 Å². The van der Waals surface area contributed by atoms with Crippen LogP contribution >= 0.6 is 0 Å². The number of rotatable bonds is 5. The number of hydrogen-bond donors (Lipinski definition) is 0. The summed E-state index contributed by atoms with van der Waals surface area (Å²) in [6.07, 6.45) is 7.94. The first-order chi connectivity index (χ1) is 7.99. The van der Waals surface area contributed by atoms with Crippen molar-refractivity contribution >= 4 is 16.1 Å². The molecule has 1 aliphatic carbocycles. The van der Waals surface area contributed by atoms with Gasteiger partial charge in [0.1, 0.15) is 8.31 Å². The summed E-state index contributed by atoms with van der Waals surface area (Å²) >= 11 is 0. The Labute approximate surface area is 109 Å². The smallest absolute Gasteiger partial charge is 0.207 e. The van der Waals surface area contributed by atoms with Crippen molar-refractivity contribution in [2.75, 3.05) is 7.11 Å². The molecule has 0 aromatic rings. The van der Waals surface area contributed by atoms with E-state index in [0.717, 1.165) is 6.42 Å². The second-order valence-corrected chi connectivity index (χ2v) is 15.0. The van der Waals surface area contributed by atoms with E-state index in [1.165, 1.54) is 11.6 Å². The summed E-state index contributed by atoms with van der Waals surface area (Å²) in [6.45, 7) is 11.5. The average Bonchev–Trinajstić information content (AvgIpc) is 2.84. The van der Waals surface area contributed by atoms with E-state index >= 15 is 0 Å². The van der Waals surface area contributed by atoms with Crippen LogP contribution in [0.3, 0.4) is 0 Å². The predicted molar refractivity (Wildman–Crippen MR) is 80.8 cm³/mol. The Balaban J connectivity index is 3.11. The van der Waals surface area contributed by atoms with Gasteiger partial charge in [0.05, 0.1) is 0 Å². The standard InChI is InChI=1S/C14H25OSi2/c1-7-17(15-5,13(4)12(2)3)16(6)14-10-8-9-11-14/h8-10H,7,11H2,1-6H3. The molecule has 0 aromatic carbocycles. The SMILES string of the molecule is CC[Si](OC)(C(C)=C(C)C)[Si](C)C1=CC=CC1. The van der Waals surface area contributed by atoms with Gasteiger partial charge in [0.25, 0.3) is 0 Å². The largest absolute Gasteiger partial charge is 0.418 e. The minimum atomic E-state index is -1.71. The van der Waals surface area contributed by atoms with Gasteiger partial charge >= 0.3 is 0 Å². The summed E-state index contributed by atoms with van der Waals surface area (Å²) in [5, 5.41) is 3.21. The van der Waals surface area contributed by atoms with Crippen LogP contribution in [0.4, 0.5) is 0 Å². The summed E-state index contributed by atoms with van der Waals surface area (Å²) in [5.41, 5.74) is 1.45. The van der Waals surface area contributed by atoms with Crippen LogP contribution in [0, 0.1) is 0 Å². The van der Waals surface area contributed by atoms with E-state index in [4.69, 9.17) is 4.43 Å². The lowest BCUT2D eigenvalue weighted by atomic mass is 10.3. The molecule has 0 heterocycles. The quantitative estimate of drug-likeness (QED) is 0.679. The summed E-state index contributed by atoms with van der Waals surface area (Å²) < 4.78 is 6.14. The van der Waals surface area contributed by atoms with E-state index in [1.807, 2.05) is 7.11 Å². The molecular weight excluding hydrogens is 240 g/mol. The third-order valence-electron chi connectivity index (χ3n) is 4.06. The van der Waals surface area contributed by atoms with Gasteiger partial charge in [0, 0.05) is 7.11 Å². The molecule has 17 heavy (non-hydrogen) atoms.